The number of rotatable bonds is 12. The Bertz CT molecular complexity index is 1160. The van der Waals surface area contributed by atoms with Crippen LogP contribution in [0.4, 0.5) is 10.5 Å². The predicted molar refractivity (Wildman–Crippen MR) is 175 cm³/mol. The second kappa shape index (κ2) is 13.5. The molecule has 5 nitrogen and oxygen atoms in total. The zero-order valence-electron chi connectivity index (χ0n) is 26.8. The number of nitrogens with zero attached hydrogens (tertiary/aromatic N) is 2. The summed E-state index contributed by atoms with van der Waals surface area (Å²) in [5.74, 6) is 0. The second-order valence-electron chi connectivity index (χ2n) is 15.0. The molecule has 2 aromatic carbocycles. The third-order valence-electron chi connectivity index (χ3n) is 10.2. The van der Waals surface area contributed by atoms with Gasteiger partial charge in [0.05, 0.1) is 5.69 Å². The van der Waals surface area contributed by atoms with Crippen molar-refractivity contribution in [2.24, 2.45) is 10.8 Å². The Morgan fingerprint density at radius 1 is 0.833 bits per heavy atom. The van der Waals surface area contributed by atoms with Crippen LogP contribution in [0.5, 0.6) is 0 Å². The predicted octanol–water partition coefficient (Wildman–Crippen LogP) is 9.00. The quantitative estimate of drug-likeness (QED) is 0.257. The van der Waals surface area contributed by atoms with E-state index in [2.05, 4.69) is 54.9 Å². The van der Waals surface area contributed by atoms with Crippen LogP contribution in [-0.4, -0.2) is 60.3 Å². The van der Waals surface area contributed by atoms with Gasteiger partial charge in [0.1, 0.15) is 5.60 Å². The topological polar surface area (TPSA) is 44.8 Å². The molecule has 1 saturated carbocycles. The van der Waals surface area contributed by atoms with Crippen molar-refractivity contribution in [3.8, 4) is 11.1 Å². The summed E-state index contributed by atoms with van der Waals surface area (Å²) in [7, 11) is 0. The lowest BCUT2D eigenvalue weighted by Gasteiger charge is -2.40. The van der Waals surface area contributed by atoms with Crippen LogP contribution in [0.15, 0.2) is 54.6 Å². The molecule has 0 aromatic heterocycles. The summed E-state index contributed by atoms with van der Waals surface area (Å²) in [6.45, 7) is 15.4. The number of carbonyl (C=O) groups is 1. The first-order valence-corrected chi connectivity index (χ1v) is 16.7. The van der Waals surface area contributed by atoms with E-state index in [1.54, 1.807) is 0 Å². The molecule has 3 aliphatic rings. The van der Waals surface area contributed by atoms with Gasteiger partial charge in [0.25, 0.3) is 0 Å². The van der Waals surface area contributed by atoms with Crippen molar-refractivity contribution < 1.29 is 9.53 Å². The molecule has 5 heteroatoms. The number of anilines is 1. The first-order chi connectivity index (χ1) is 20.1. The van der Waals surface area contributed by atoms with E-state index in [9.17, 15) is 4.79 Å². The molecule has 0 spiro atoms. The SMILES string of the molecule is CC1(C)C[C@@H]2C[C@](C)(CN2CCCCCCCCN2CCC(C)(OC(=O)Nc3ccccc3-c3ccccc3)CC2)C1. The summed E-state index contributed by atoms with van der Waals surface area (Å²) in [5, 5.41) is 3.01. The Labute approximate surface area is 255 Å². The zero-order chi connectivity index (χ0) is 29.6. The average molecular weight is 574 g/mol. The van der Waals surface area contributed by atoms with E-state index in [1.165, 1.54) is 70.9 Å². The number of hydrogen-bond acceptors (Lipinski definition) is 4. The summed E-state index contributed by atoms with van der Waals surface area (Å²) in [4.78, 5) is 18.3. The van der Waals surface area contributed by atoms with Crippen LogP contribution in [0.2, 0.25) is 0 Å². The molecule has 2 atom stereocenters. The maximum Gasteiger partial charge on any atom is 0.412 e. The van der Waals surface area contributed by atoms with E-state index in [0.29, 0.717) is 10.8 Å². The van der Waals surface area contributed by atoms with E-state index in [0.717, 1.165) is 55.3 Å². The molecule has 230 valence electrons. The van der Waals surface area contributed by atoms with Crippen LogP contribution in [0.3, 0.4) is 0 Å². The lowest BCUT2D eigenvalue weighted by Crippen LogP contribution is -2.46. The third-order valence-corrected chi connectivity index (χ3v) is 10.2. The van der Waals surface area contributed by atoms with Crippen molar-refractivity contribution >= 4 is 11.8 Å². The highest BCUT2D eigenvalue weighted by molar-refractivity contribution is 5.91. The first-order valence-electron chi connectivity index (χ1n) is 16.7. The largest absolute Gasteiger partial charge is 0.443 e. The molecule has 2 aliphatic heterocycles. The van der Waals surface area contributed by atoms with Gasteiger partial charge in [-0.3, -0.25) is 10.2 Å². The Kier molecular flexibility index (Phi) is 9.99. The highest BCUT2D eigenvalue weighted by Gasteiger charge is 2.49. The molecule has 2 bridgehead atoms. The van der Waals surface area contributed by atoms with Crippen molar-refractivity contribution in [1.29, 1.82) is 0 Å². The molecule has 2 heterocycles. The van der Waals surface area contributed by atoms with Crippen LogP contribution in [0, 0.1) is 10.8 Å². The summed E-state index contributed by atoms with van der Waals surface area (Å²) >= 11 is 0. The molecule has 2 saturated heterocycles. The fraction of sp³-hybridized carbons (Fsp3) is 0.649. The monoisotopic (exact) mass is 573 g/mol. The van der Waals surface area contributed by atoms with Crippen molar-refractivity contribution in [2.45, 2.75) is 110 Å². The first kappa shape index (κ1) is 31.1. The maximum absolute atomic E-state index is 12.9. The van der Waals surface area contributed by atoms with Crippen molar-refractivity contribution in [3.63, 3.8) is 0 Å². The summed E-state index contributed by atoms with van der Waals surface area (Å²) < 4.78 is 6.00. The lowest BCUT2D eigenvalue weighted by molar-refractivity contribution is -0.0163. The Morgan fingerprint density at radius 2 is 1.48 bits per heavy atom. The van der Waals surface area contributed by atoms with Gasteiger partial charge in [-0.15, -0.1) is 0 Å². The number of benzene rings is 2. The number of ether oxygens (including phenoxy) is 1. The van der Waals surface area contributed by atoms with Gasteiger partial charge < -0.3 is 9.64 Å². The number of carbonyl (C=O) groups excluding carboxylic acids is 1. The number of unbranched alkanes of at least 4 members (excludes halogenated alkanes) is 5. The van der Waals surface area contributed by atoms with Gasteiger partial charge >= 0.3 is 6.09 Å². The van der Waals surface area contributed by atoms with Gasteiger partial charge in [-0.05, 0) is 87.4 Å². The number of amides is 1. The number of piperidine rings is 1. The third kappa shape index (κ3) is 8.38. The maximum atomic E-state index is 12.9. The van der Waals surface area contributed by atoms with E-state index in [4.69, 9.17) is 4.74 Å². The van der Waals surface area contributed by atoms with E-state index >= 15 is 0 Å². The molecule has 1 amide bonds. The smallest absolute Gasteiger partial charge is 0.412 e. The van der Waals surface area contributed by atoms with Crippen LogP contribution in [0.25, 0.3) is 11.1 Å². The molecule has 2 aromatic rings. The van der Waals surface area contributed by atoms with Gasteiger partial charge in [0.15, 0.2) is 0 Å². The lowest BCUT2D eigenvalue weighted by atomic mass is 9.65. The normalized spacial score (nSPS) is 25.3. The molecular formula is C37H55N3O2. The minimum Gasteiger partial charge on any atom is -0.443 e. The number of likely N-dealkylation sites (tertiary alicyclic amines) is 2. The van der Waals surface area contributed by atoms with Crippen LogP contribution < -0.4 is 5.32 Å². The molecular weight excluding hydrogens is 518 g/mol. The van der Waals surface area contributed by atoms with Gasteiger partial charge in [-0.25, -0.2) is 4.79 Å². The standard InChI is InChI=1S/C37H55N3O2/c1-35(2)26-31-27-36(3,28-35)29-40(31)23-15-8-6-5-7-14-22-39-24-20-37(4,21-25-39)42-34(41)38-33-19-13-12-18-32(33)30-16-10-9-11-17-30/h9-13,16-19,31H,5-8,14-15,20-29H2,1-4H3,(H,38,41)/t31-,36+/m1/s1. The van der Waals surface area contributed by atoms with Gasteiger partial charge in [-0.2, -0.15) is 0 Å². The van der Waals surface area contributed by atoms with Crippen LogP contribution in [0.1, 0.15) is 98.3 Å². The fourth-order valence-electron chi connectivity index (χ4n) is 8.37. The Balaban J connectivity index is 0.934. The molecule has 0 radical (unpaired) electrons. The van der Waals surface area contributed by atoms with Crippen molar-refractivity contribution in [2.75, 3.05) is 38.0 Å². The number of fused-ring (bicyclic) bond motifs is 2. The summed E-state index contributed by atoms with van der Waals surface area (Å²) in [6.07, 6.45) is 13.7. The van der Waals surface area contributed by atoms with E-state index in [1.807, 2.05) is 42.5 Å². The summed E-state index contributed by atoms with van der Waals surface area (Å²) in [6, 6.07) is 18.9. The van der Waals surface area contributed by atoms with Gasteiger partial charge in [-0.1, -0.05) is 95.0 Å². The molecule has 1 aliphatic carbocycles. The van der Waals surface area contributed by atoms with Gasteiger partial charge in [0, 0.05) is 31.2 Å². The van der Waals surface area contributed by atoms with Gasteiger partial charge in [0.2, 0.25) is 0 Å². The van der Waals surface area contributed by atoms with E-state index in [-0.39, 0.29) is 6.09 Å². The van der Waals surface area contributed by atoms with Crippen molar-refractivity contribution in [3.05, 3.63) is 54.6 Å². The Hall–Kier alpha value is -2.37. The zero-order valence-corrected chi connectivity index (χ0v) is 26.8. The number of para-hydroxylation sites is 1. The molecule has 5 rings (SSSR count). The highest BCUT2D eigenvalue weighted by atomic mass is 16.6. The molecule has 3 fully saturated rings. The number of hydrogen-bond donors (Lipinski definition) is 1. The van der Waals surface area contributed by atoms with Crippen LogP contribution >= 0.6 is 0 Å². The fourth-order valence-corrected chi connectivity index (χ4v) is 8.37. The second-order valence-corrected chi connectivity index (χ2v) is 15.0. The Morgan fingerprint density at radius 3 is 2.21 bits per heavy atom. The molecule has 0 unspecified atom stereocenters. The molecule has 42 heavy (non-hydrogen) atoms. The molecule has 1 N–H and O–H groups in total. The van der Waals surface area contributed by atoms with Crippen molar-refractivity contribution in [1.82, 2.24) is 9.80 Å². The highest BCUT2D eigenvalue weighted by Crippen LogP contribution is 2.52. The van der Waals surface area contributed by atoms with Crippen LogP contribution in [-0.2, 0) is 4.74 Å². The average Bonchev–Trinajstić information content (AvgIpc) is 3.19. The minimum absolute atomic E-state index is 0.361. The minimum atomic E-state index is -0.413. The number of nitrogens with one attached hydrogen (secondary N) is 1. The summed E-state index contributed by atoms with van der Waals surface area (Å²) in [5.41, 5.74) is 3.54. The van der Waals surface area contributed by atoms with E-state index < -0.39 is 5.60 Å².